The first-order chi connectivity index (χ1) is 9.98. The average Bonchev–Trinajstić information content (AvgIpc) is 2.84. The molecule has 0 aromatic carbocycles. The molecule has 1 fully saturated rings. The minimum Gasteiger partial charge on any atom is -0.388 e. The molecule has 0 saturated carbocycles. The van der Waals surface area contributed by atoms with E-state index in [0.29, 0.717) is 38.4 Å². The number of ether oxygens (including phenoxy) is 1. The van der Waals surface area contributed by atoms with Gasteiger partial charge in [0.15, 0.2) is 0 Å². The van der Waals surface area contributed by atoms with Crippen molar-refractivity contribution in [1.82, 2.24) is 4.90 Å². The van der Waals surface area contributed by atoms with E-state index in [4.69, 9.17) is 16.3 Å². The average molecular weight is 350 g/mol. The van der Waals surface area contributed by atoms with Crippen molar-refractivity contribution in [1.29, 1.82) is 0 Å². The third-order valence-electron chi connectivity index (χ3n) is 3.48. The number of carbonyl (C=O) groups is 1. The largest absolute Gasteiger partial charge is 0.388 e. The third-order valence-corrected chi connectivity index (χ3v) is 5.86. The minimum atomic E-state index is -0.797. The van der Waals surface area contributed by atoms with Crippen LogP contribution in [0.5, 0.6) is 0 Å². The molecule has 0 aliphatic carbocycles. The van der Waals surface area contributed by atoms with Gasteiger partial charge in [-0.2, -0.15) is 0 Å². The zero-order valence-electron chi connectivity index (χ0n) is 12.0. The van der Waals surface area contributed by atoms with Crippen LogP contribution in [-0.4, -0.2) is 54.1 Å². The molecule has 1 amide bonds. The van der Waals surface area contributed by atoms with E-state index in [1.165, 1.54) is 4.88 Å². The van der Waals surface area contributed by atoms with Crippen LogP contribution >= 0.6 is 34.7 Å². The number of aliphatic hydroxyl groups is 1. The molecule has 7 heteroatoms. The zero-order valence-corrected chi connectivity index (χ0v) is 14.4. The smallest absolute Gasteiger partial charge is 0.232 e. The van der Waals surface area contributed by atoms with Crippen LogP contribution in [-0.2, 0) is 15.3 Å². The van der Waals surface area contributed by atoms with E-state index in [-0.39, 0.29) is 5.91 Å². The van der Waals surface area contributed by atoms with Crippen molar-refractivity contribution in [2.45, 2.75) is 24.2 Å². The Morgan fingerprint density at radius 1 is 1.52 bits per heavy atom. The molecule has 2 rings (SSSR count). The molecule has 0 atom stereocenters. The molecule has 0 bridgehead atoms. The van der Waals surface area contributed by atoms with Gasteiger partial charge in [-0.25, -0.2) is 0 Å². The lowest BCUT2D eigenvalue weighted by Gasteiger charge is -2.35. The molecule has 0 spiro atoms. The molecular formula is C14H20ClNO3S2. The number of halogens is 1. The Labute approximate surface area is 138 Å². The zero-order chi connectivity index (χ0) is 15.3. The van der Waals surface area contributed by atoms with E-state index < -0.39 is 5.60 Å². The van der Waals surface area contributed by atoms with Gasteiger partial charge in [0.05, 0.1) is 15.7 Å². The van der Waals surface area contributed by atoms with E-state index in [1.54, 1.807) is 35.0 Å². The fourth-order valence-electron chi connectivity index (χ4n) is 2.22. The molecule has 2 heterocycles. The van der Waals surface area contributed by atoms with Gasteiger partial charge in [0.2, 0.25) is 5.91 Å². The van der Waals surface area contributed by atoms with Gasteiger partial charge in [-0.3, -0.25) is 4.79 Å². The second kappa shape index (κ2) is 7.83. The van der Waals surface area contributed by atoms with Gasteiger partial charge in [-0.05, 0) is 12.1 Å². The minimum absolute atomic E-state index is 0.0440. The standard InChI is InChI=1S/C14H20ClNO3S2/c1-16(10-14(18)4-6-19-7-5-14)13(17)9-20-8-11-2-3-12(15)21-11/h2-3,18H,4-10H2,1H3. The first-order valence-corrected chi connectivity index (χ1v) is 9.19. The lowest BCUT2D eigenvalue weighted by atomic mass is 9.94. The van der Waals surface area contributed by atoms with Crippen molar-refractivity contribution >= 4 is 40.6 Å². The number of thiophene rings is 1. The highest BCUT2D eigenvalue weighted by Crippen LogP contribution is 2.25. The van der Waals surface area contributed by atoms with Crippen LogP contribution in [0, 0.1) is 0 Å². The molecule has 118 valence electrons. The summed E-state index contributed by atoms with van der Waals surface area (Å²) in [7, 11) is 1.75. The van der Waals surface area contributed by atoms with Gasteiger partial charge >= 0.3 is 0 Å². The van der Waals surface area contributed by atoms with E-state index >= 15 is 0 Å². The van der Waals surface area contributed by atoms with Crippen molar-refractivity contribution in [2.24, 2.45) is 0 Å². The van der Waals surface area contributed by atoms with Crippen LogP contribution in [0.15, 0.2) is 12.1 Å². The highest BCUT2D eigenvalue weighted by Gasteiger charge is 2.32. The van der Waals surface area contributed by atoms with Gasteiger partial charge in [-0.15, -0.1) is 23.1 Å². The summed E-state index contributed by atoms with van der Waals surface area (Å²) in [6.45, 7) is 1.50. The predicted octanol–water partition coefficient (Wildman–Crippen LogP) is 2.63. The fraction of sp³-hybridized carbons (Fsp3) is 0.643. The van der Waals surface area contributed by atoms with E-state index in [9.17, 15) is 9.90 Å². The van der Waals surface area contributed by atoms with Crippen molar-refractivity contribution in [3.05, 3.63) is 21.3 Å². The van der Waals surface area contributed by atoms with E-state index in [1.807, 2.05) is 12.1 Å². The highest BCUT2D eigenvalue weighted by atomic mass is 35.5. The Bertz CT molecular complexity index is 475. The molecule has 1 aromatic rings. The Morgan fingerprint density at radius 3 is 2.86 bits per heavy atom. The maximum absolute atomic E-state index is 12.1. The summed E-state index contributed by atoms with van der Waals surface area (Å²) < 4.78 is 6.02. The summed E-state index contributed by atoms with van der Waals surface area (Å²) in [5.74, 6) is 1.25. The van der Waals surface area contributed by atoms with Crippen molar-refractivity contribution < 1.29 is 14.6 Å². The number of amides is 1. The van der Waals surface area contributed by atoms with E-state index in [0.717, 1.165) is 10.1 Å². The summed E-state index contributed by atoms with van der Waals surface area (Å²) in [6.07, 6.45) is 1.18. The van der Waals surface area contributed by atoms with Crippen LogP contribution in [0.25, 0.3) is 0 Å². The monoisotopic (exact) mass is 349 g/mol. The summed E-state index contributed by atoms with van der Waals surface area (Å²) in [6, 6.07) is 3.86. The quantitative estimate of drug-likeness (QED) is 0.857. The summed E-state index contributed by atoms with van der Waals surface area (Å²) >= 11 is 8.98. The number of likely N-dealkylation sites (N-methyl/N-ethyl adjacent to an activating group) is 1. The van der Waals surface area contributed by atoms with Crippen LogP contribution in [0.4, 0.5) is 0 Å². The molecule has 0 radical (unpaired) electrons. The SMILES string of the molecule is CN(CC1(O)CCOCC1)C(=O)CSCc1ccc(Cl)s1. The van der Waals surface area contributed by atoms with Crippen LogP contribution < -0.4 is 0 Å². The first kappa shape index (κ1) is 17.1. The Balaban J connectivity index is 1.72. The summed E-state index contributed by atoms with van der Waals surface area (Å²) in [5, 5.41) is 10.4. The first-order valence-electron chi connectivity index (χ1n) is 6.85. The third kappa shape index (κ3) is 5.45. The molecule has 0 unspecified atom stereocenters. The molecular weight excluding hydrogens is 330 g/mol. The molecule has 1 aliphatic heterocycles. The topological polar surface area (TPSA) is 49.8 Å². The normalized spacial score (nSPS) is 17.7. The lowest BCUT2D eigenvalue weighted by Crippen LogP contribution is -2.47. The van der Waals surface area contributed by atoms with Crippen LogP contribution in [0.1, 0.15) is 17.7 Å². The molecule has 1 aliphatic rings. The Kier molecular flexibility index (Phi) is 6.37. The van der Waals surface area contributed by atoms with Crippen molar-refractivity contribution in [3.63, 3.8) is 0 Å². The Morgan fingerprint density at radius 2 is 2.24 bits per heavy atom. The Hall–Kier alpha value is -0.270. The van der Waals surface area contributed by atoms with Gasteiger partial charge in [0.1, 0.15) is 0 Å². The summed E-state index contributed by atoms with van der Waals surface area (Å²) in [4.78, 5) is 14.9. The number of nitrogens with zero attached hydrogens (tertiary/aromatic N) is 1. The molecule has 21 heavy (non-hydrogen) atoms. The van der Waals surface area contributed by atoms with Crippen LogP contribution in [0.3, 0.4) is 0 Å². The number of hydrogen-bond donors (Lipinski definition) is 1. The van der Waals surface area contributed by atoms with Gasteiger partial charge in [0, 0.05) is 50.3 Å². The number of thioether (sulfide) groups is 1. The van der Waals surface area contributed by atoms with Crippen molar-refractivity contribution in [2.75, 3.05) is 32.6 Å². The van der Waals surface area contributed by atoms with Gasteiger partial charge < -0.3 is 14.7 Å². The highest BCUT2D eigenvalue weighted by molar-refractivity contribution is 7.99. The maximum Gasteiger partial charge on any atom is 0.232 e. The molecule has 1 N–H and O–H groups in total. The van der Waals surface area contributed by atoms with E-state index in [2.05, 4.69) is 0 Å². The fourth-order valence-corrected chi connectivity index (χ4v) is 4.38. The number of hydrogen-bond acceptors (Lipinski definition) is 5. The van der Waals surface area contributed by atoms with Gasteiger partial charge in [0.25, 0.3) is 0 Å². The number of rotatable bonds is 6. The molecule has 1 aromatic heterocycles. The predicted molar refractivity (Wildman–Crippen MR) is 88.1 cm³/mol. The molecule has 1 saturated heterocycles. The maximum atomic E-state index is 12.1. The number of carbonyl (C=O) groups excluding carboxylic acids is 1. The second-order valence-electron chi connectivity index (χ2n) is 5.29. The van der Waals surface area contributed by atoms with Crippen molar-refractivity contribution in [3.8, 4) is 0 Å². The summed E-state index contributed by atoms with van der Waals surface area (Å²) in [5.41, 5.74) is -0.797. The lowest BCUT2D eigenvalue weighted by molar-refractivity contribution is -0.134. The second-order valence-corrected chi connectivity index (χ2v) is 8.07. The van der Waals surface area contributed by atoms with Crippen LogP contribution in [0.2, 0.25) is 4.34 Å². The molecule has 4 nitrogen and oxygen atoms in total. The van der Waals surface area contributed by atoms with Gasteiger partial charge in [-0.1, -0.05) is 11.6 Å².